The molecule has 2 aromatic rings. The summed E-state index contributed by atoms with van der Waals surface area (Å²) in [6.07, 6.45) is 15.9. The molecule has 2 aliphatic carbocycles. The van der Waals surface area contributed by atoms with Crippen LogP contribution in [-0.4, -0.2) is 6.61 Å². The molecule has 0 amide bonds. The fraction of sp³-hybridized carbons (Fsp3) is 0.562. The smallest absolute Gasteiger partial charge is 0.200 e. The second-order valence-corrected chi connectivity index (χ2v) is 10.8. The maximum absolute atomic E-state index is 14.5. The number of aryl methyl sites for hydroxylation is 2. The predicted molar refractivity (Wildman–Crippen MR) is 141 cm³/mol. The summed E-state index contributed by atoms with van der Waals surface area (Å²) in [5, 5.41) is 0. The Kier molecular flexibility index (Phi) is 9.40. The van der Waals surface area contributed by atoms with Crippen LogP contribution in [0.1, 0.15) is 93.7 Å². The zero-order chi connectivity index (χ0) is 24.6. The molecule has 4 rings (SSSR count). The Hall–Kier alpha value is -2.16. The van der Waals surface area contributed by atoms with Crippen LogP contribution in [0.15, 0.2) is 49.1 Å². The third kappa shape index (κ3) is 6.74. The van der Waals surface area contributed by atoms with Gasteiger partial charge >= 0.3 is 0 Å². The molecule has 2 aromatic carbocycles. The van der Waals surface area contributed by atoms with Gasteiger partial charge in [0.05, 0.1) is 6.61 Å². The topological polar surface area (TPSA) is 9.23 Å². The second-order valence-electron chi connectivity index (χ2n) is 10.8. The molecule has 0 spiro atoms. The molecular weight excluding hydrogens is 438 g/mol. The molecule has 35 heavy (non-hydrogen) atoms. The van der Waals surface area contributed by atoms with Gasteiger partial charge in [-0.2, -0.15) is 4.39 Å². The van der Waals surface area contributed by atoms with Crippen LogP contribution in [0.5, 0.6) is 5.75 Å². The molecule has 0 bridgehead atoms. The van der Waals surface area contributed by atoms with E-state index in [1.54, 1.807) is 12.1 Å². The molecule has 0 saturated heterocycles. The average Bonchev–Trinajstić information content (AvgIpc) is 2.91. The molecule has 2 aliphatic rings. The first-order chi connectivity index (χ1) is 17.1. The quantitative estimate of drug-likeness (QED) is 0.243. The number of benzene rings is 2. The van der Waals surface area contributed by atoms with Crippen molar-refractivity contribution in [3.8, 4) is 5.75 Å². The number of hydrogen-bond acceptors (Lipinski definition) is 1. The molecule has 2 fully saturated rings. The summed E-state index contributed by atoms with van der Waals surface area (Å²) < 4.78 is 34.3. The Morgan fingerprint density at radius 2 is 1.49 bits per heavy atom. The molecule has 3 heteroatoms. The summed E-state index contributed by atoms with van der Waals surface area (Å²) in [5.41, 5.74) is 3.02. The van der Waals surface area contributed by atoms with E-state index in [9.17, 15) is 8.78 Å². The molecule has 1 nitrogen and oxygen atoms in total. The van der Waals surface area contributed by atoms with Gasteiger partial charge in [-0.3, -0.25) is 0 Å². The Labute approximate surface area is 211 Å². The Balaban J connectivity index is 1.25. The van der Waals surface area contributed by atoms with Crippen LogP contribution in [0.2, 0.25) is 0 Å². The number of ether oxygens (including phenoxy) is 1. The van der Waals surface area contributed by atoms with Gasteiger partial charge in [0.25, 0.3) is 0 Å². The summed E-state index contributed by atoms with van der Waals surface area (Å²) >= 11 is 0. The molecular formula is C32H42F2O. The monoisotopic (exact) mass is 480 g/mol. The zero-order valence-corrected chi connectivity index (χ0v) is 21.4. The lowest BCUT2D eigenvalue weighted by Crippen LogP contribution is -2.25. The predicted octanol–water partition coefficient (Wildman–Crippen LogP) is 9.20. The number of allylic oxidation sites excluding steroid dienone is 1. The molecule has 2 saturated carbocycles. The highest BCUT2D eigenvalue weighted by molar-refractivity contribution is 5.32. The second kappa shape index (κ2) is 12.7. The van der Waals surface area contributed by atoms with E-state index in [1.807, 2.05) is 6.92 Å². The van der Waals surface area contributed by atoms with Crippen molar-refractivity contribution < 1.29 is 13.5 Å². The van der Waals surface area contributed by atoms with Crippen molar-refractivity contribution in [3.05, 3.63) is 77.4 Å². The first-order valence-electron chi connectivity index (χ1n) is 13.9. The van der Waals surface area contributed by atoms with Gasteiger partial charge in [0.2, 0.25) is 5.82 Å². The van der Waals surface area contributed by atoms with E-state index in [2.05, 4.69) is 36.9 Å². The summed E-state index contributed by atoms with van der Waals surface area (Å²) in [6.45, 7) is 6.44. The van der Waals surface area contributed by atoms with Gasteiger partial charge in [0.15, 0.2) is 11.6 Å². The van der Waals surface area contributed by atoms with E-state index in [0.717, 1.165) is 30.6 Å². The molecule has 0 aromatic heterocycles. The average molecular weight is 481 g/mol. The molecule has 0 aliphatic heterocycles. The van der Waals surface area contributed by atoms with E-state index < -0.39 is 11.6 Å². The maximum atomic E-state index is 14.5. The van der Waals surface area contributed by atoms with Crippen molar-refractivity contribution in [1.29, 1.82) is 0 Å². The molecule has 0 unspecified atom stereocenters. The highest BCUT2D eigenvalue weighted by Crippen LogP contribution is 2.44. The van der Waals surface area contributed by atoms with Gasteiger partial charge in [-0.25, -0.2) is 4.39 Å². The lowest BCUT2D eigenvalue weighted by Gasteiger charge is -2.37. The number of hydrogen-bond donors (Lipinski definition) is 0. The third-order valence-electron chi connectivity index (χ3n) is 8.60. The van der Waals surface area contributed by atoms with Crippen LogP contribution >= 0.6 is 0 Å². The highest BCUT2D eigenvalue weighted by atomic mass is 19.2. The van der Waals surface area contributed by atoms with Crippen LogP contribution in [0.25, 0.3) is 0 Å². The zero-order valence-electron chi connectivity index (χ0n) is 21.4. The minimum absolute atomic E-state index is 0.0169. The molecule has 0 radical (unpaired) electrons. The third-order valence-corrected chi connectivity index (χ3v) is 8.60. The van der Waals surface area contributed by atoms with E-state index in [4.69, 9.17) is 4.74 Å². The molecule has 0 heterocycles. The Morgan fingerprint density at radius 3 is 2.11 bits per heavy atom. The van der Waals surface area contributed by atoms with Gasteiger partial charge in [0, 0.05) is 0 Å². The maximum Gasteiger partial charge on any atom is 0.200 e. The number of unbranched alkanes of at least 4 members (excludes halogenated alkanes) is 1. The molecule has 0 N–H and O–H groups in total. The summed E-state index contributed by atoms with van der Waals surface area (Å²) in [6, 6.07) is 12.1. The fourth-order valence-corrected chi connectivity index (χ4v) is 6.21. The van der Waals surface area contributed by atoms with Gasteiger partial charge in [0.1, 0.15) is 0 Å². The lowest BCUT2D eigenvalue weighted by atomic mass is 9.68. The summed E-state index contributed by atoms with van der Waals surface area (Å²) in [5.74, 6) is 1.63. The van der Waals surface area contributed by atoms with Gasteiger partial charge in [-0.1, -0.05) is 49.8 Å². The number of halogens is 2. The SMILES string of the molecule is C=CC1CCC(C2CCC(c3ccc(CCc4ccc(OCCCC)c(F)c4F)cc3)CC2)CC1. The van der Waals surface area contributed by atoms with E-state index >= 15 is 0 Å². The van der Waals surface area contributed by atoms with Crippen LogP contribution in [0.4, 0.5) is 8.78 Å². The first-order valence-corrected chi connectivity index (χ1v) is 13.9. The van der Waals surface area contributed by atoms with Crippen molar-refractivity contribution >= 4 is 0 Å². The van der Waals surface area contributed by atoms with Crippen molar-refractivity contribution in [3.63, 3.8) is 0 Å². The standard InChI is InChI=1S/C32H42F2O/c1-3-5-22-35-30-21-20-29(31(33)32(30)34)15-10-24-8-13-26(14-9-24)28-18-16-27(17-19-28)25-11-6-23(4-2)7-12-25/h4,8-9,13-14,20-21,23,25,27-28H,2-3,5-7,10-12,15-19,22H2,1H3. The molecule has 190 valence electrons. The van der Waals surface area contributed by atoms with Crippen LogP contribution in [0.3, 0.4) is 0 Å². The summed E-state index contributed by atoms with van der Waals surface area (Å²) in [7, 11) is 0. The van der Waals surface area contributed by atoms with Crippen molar-refractivity contribution in [2.75, 3.05) is 6.61 Å². The van der Waals surface area contributed by atoms with Crippen molar-refractivity contribution in [2.45, 2.75) is 89.9 Å². The largest absolute Gasteiger partial charge is 0.490 e. The minimum atomic E-state index is -0.863. The van der Waals surface area contributed by atoms with E-state index in [-0.39, 0.29) is 5.75 Å². The van der Waals surface area contributed by atoms with Crippen molar-refractivity contribution in [2.24, 2.45) is 17.8 Å². The first kappa shape index (κ1) is 25.9. The van der Waals surface area contributed by atoms with Gasteiger partial charge < -0.3 is 4.74 Å². The number of rotatable bonds is 10. The Bertz CT molecular complexity index is 935. The summed E-state index contributed by atoms with van der Waals surface area (Å²) in [4.78, 5) is 0. The van der Waals surface area contributed by atoms with Crippen molar-refractivity contribution in [1.82, 2.24) is 0 Å². The van der Waals surface area contributed by atoms with E-state index in [1.165, 1.54) is 62.5 Å². The van der Waals surface area contributed by atoms with Gasteiger partial charge in [-0.05, 0) is 117 Å². The fourth-order valence-electron chi connectivity index (χ4n) is 6.21. The Morgan fingerprint density at radius 1 is 0.829 bits per heavy atom. The van der Waals surface area contributed by atoms with Crippen LogP contribution < -0.4 is 4.74 Å². The van der Waals surface area contributed by atoms with Crippen LogP contribution in [-0.2, 0) is 12.8 Å². The van der Waals surface area contributed by atoms with E-state index in [0.29, 0.717) is 30.9 Å². The minimum Gasteiger partial charge on any atom is -0.490 e. The highest BCUT2D eigenvalue weighted by Gasteiger charge is 2.30. The van der Waals surface area contributed by atoms with Gasteiger partial charge in [-0.15, -0.1) is 6.58 Å². The normalized spacial score (nSPS) is 24.8. The molecule has 0 atom stereocenters. The lowest BCUT2D eigenvalue weighted by molar-refractivity contribution is 0.171. The van der Waals surface area contributed by atoms with Crippen LogP contribution in [0, 0.1) is 29.4 Å².